The molecule has 1 aliphatic heterocycles. The minimum atomic E-state index is -0.0429. The lowest BCUT2D eigenvalue weighted by Gasteiger charge is -1.96. The van der Waals surface area contributed by atoms with Crippen molar-refractivity contribution >= 4 is 11.7 Å². The fourth-order valence-corrected chi connectivity index (χ4v) is 1.24. The predicted octanol–water partition coefficient (Wildman–Crippen LogP) is 1.14. The van der Waals surface area contributed by atoms with E-state index in [1.807, 2.05) is 19.1 Å². The molecule has 3 nitrogen and oxygen atoms in total. The molecule has 0 saturated carbocycles. The van der Waals surface area contributed by atoms with Crippen molar-refractivity contribution in [3.05, 3.63) is 23.9 Å². The van der Waals surface area contributed by atoms with Crippen molar-refractivity contribution in [2.45, 2.75) is 12.8 Å². The van der Waals surface area contributed by atoms with Gasteiger partial charge in [-0.25, -0.2) is 4.98 Å². The molecule has 0 radical (unpaired) electrons. The molecule has 2 heterocycles. The number of hydrogen-bond acceptors (Lipinski definition) is 2. The molecular formula is C8H8N2O. The van der Waals surface area contributed by atoms with Gasteiger partial charge in [-0.2, -0.15) is 0 Å². The van der Waals surface area contributed by atoms with Gasteiger partial charge in [0, 0.05) is 11.8 Å². The summed E-state index contributed by atoms with van der Waals surface area (Å²) in [6, 6.07) is 3.76. The molecule has 0 fully saturated rings. The lowest BCUT2D eigenvalue weighted by molar-refractivity contribution is -0.116. The second kappa shape index (κ2) is 2.05. The highest BCUT2D eigenvalue weighted by atomic mass is 16.2. The molecule has 56 valence electrons. The first-order valence-corrected chi connectivity index (χ1v) is 3.55. The van der Waals surface area contributed by atoms with E-state index in [-0.39, 0.29) is 11.8 Å². The molecule has 11 heavy (non-hydrogen) atoms. The van der Waals surface area contributed by atoms with Crippen LogP contribution in [-0.4, -0.2) is 10.9 Å². The van der Waals surface area contributed by atoms with E-state index in [0.29, 0.717) is 5.82 Å². The van der Waals surface area contributed by atoms with Crippen LogP contribution in [0.4, 0.5) is 5.82 Å². The third kappa shape index (κ3) is 0.808. The lowest BCUT2D eigenvalue weighted by Crippen LogP contribution is -2.08. The van der Waals surface area contributed by atoms with Gasteiger partial charge in [0.2, 0.25) is 5.91 Å². The van der Waals surface area contributed by atoms with E-state index in [9.17, 15) is 4.79 Å². The third-order valence-electron chi connectivity index (χ3n) is 1.94. The van der Waals surface area contributed by atoms with Gasteiger partial charge in [-0.3, -0.25) is 4.79 Å². The summed E-state index contributed by atoms with van der Waals surface area (Å²) in [5.41, 5.74) is 0.998. The van der Waals surface area contributed by atoms with E-state index in [1.54, 1.807) is 6.20 Å². The van der Waals surface area contributed by atoms with Crippen molar-refractivity contribution in [3.8, 4) is 0 Å². The van der Waals surface area contributed by atoms with Crippen molar-refractivity contribution < 1.29 is 4.79 Å². The molecule has 1 N–H and O–H groups in total. The molecule has 0 bridgehead atoms. The largest absolute Gasteiger partial charge is 0.310 e. The van der Waals surface area contributed by atoms with Crippen LogP contribution < -0.4 is 5.32 Å². The van der Waals surface area contributed by atoms with Crippen LogP contribution in [0.5, 0.6) is 0 Å². The Morgan fingerprint density at radius 2 is 2.45 bits per heavy atom. The summed E-state index contributed by atoms with van der Waals surface area (Å²) in [6.07, 6.45) is 1.68. The smallest absolute Gasteiger partial charge is 0.232 e. The van der Waals surface area contributed by atoms with Crippen LogP contribution in [-0.2, 0) is 4.79 Å². The van der Waals surface area contributed by atoms with Crippen molar-refractivity contribution in [2.75, 3.05) is 5.32 Å². The van der Waals surface area contributed by atoms with E-state index in [4.69, 9.17) is 0 Å². The van der Waals surface area contributed by atoms with Crippen LogP contribution in [0.3, 0.4) is 0 Å². The Balaban J connectivity index is 2.55. The SMILES string of the molecule is C[C@@H]1C(=O)Nc2ncccc21. The van der Waals surface area contributed by atoms with Gasteiger partial charge in [-0.05, 0) is 13.0 Å². The van der Waals surface area contributed by atoms with Crippen LogP contribution in [0.1, 0.15) is 18.4 Å². The number of anilines is 1. The summed E-state index contributed by atoms with van der Waals surface area (Å²) < 4.78 is 0. The van der Waals surface area contributed by atoms with Gasteiger partial charge in [-0.1, -0.05) is 6.07 Å². The zero-order valence-electron chi connectivity index (χ0n) is 6.16. The second-order valence-electron chi connectivity index (χ2n) is 2.65. The number of rotatable bonds is 0. The Labute approximate surface area is 64.5 Å². The van der Waals surface area contributed by atoms with Gasteiger partial charge >= 0.3 is 0 Å². The Morgan fingerprint density at radius 1 is 1.64 bits per heavy atom. The zero-order chi connectivity index (χ0) is 7.84. The molecule has 1 aromatic rings. The minimum Gasteiger partial charge on any atom is -0.310 e. The number of carbonyl (C=O) groups excluding carboxylic acids is 1. The Kier molecular flexibility index (Phi) is 1.18. The van der Waals surface area contributed by atoms with Gasteiger partial charge in [0.1, 0.15) is 5.82 Å². The summed E-state index contributed by atoms with van der Waals surface area (Å²) in [7, 11) is 0. The van der Waals surface area contributed by atoms with E-state index < -0.39 is 0 Å². The average molecular weight is 148 g/mol. The third-order valence-corrected chi connectivity index (χ3v) is 1.94. The van der Waals surface area contributed by atoms with Crippen LogP contribution in [0, 0.1) is 0 Å². The topological polar surface area (TPSA) is 42.0 Å². The quantitative estimate of drug-likeness (QED) is 0.599. The first kappa shape index (κ1) is 6.34. The highest BCUT2D eigenvalue weighted by Crippen LogP contribution is 2.28. The van der Waals surface area contributed by atoms with Gasteiger partial charge < -0.3 is 5.32 Å². The van der Waals surface area contributed by atoms with Crippen LogP contribution in [0.2, 0.25) is 0 Å². The Bertz CT molecular complexity index is 309. The predicted molar refractivity (Wildman–Crippen MR) is 41.3 cm³/mol. The molecule has 0 spiro atoms. The fourth-order valence-electron chi connectivity index (χ4n) is 1.24. The second-order valence-corrected chi connectivity index (χ2v) is 2.65. The Morgan fingerprint density at radius 3 is 3.18 bits per heavy atom. The molecule has 1 amide bonds. The van der Waals surface area contributed by atoms with Crippen molar-refractivity contribution in [2.24, 2.45) is 0 Å². The van der Waals surface area contributed by atoms with E-state index >= 15 is 0 Å². The average Bonchev–Trinajstić information content (AvgIpc) is 2.30. The molecule has 1 aliphatic rings. The summed E-state index contributed by atoms with van der Waals surface area (Å²) in [6.45, 7) is 1.88. The molecule has 1 aromatic heterocycles. The molecule has 0 aromatic carbocycles. The maximum Gasteiger partial charge on any atom is 0.232 e. The molecule has 2 rings (SSSR count). The Hall–Kier alpha value is -1.38. The molecule has 0 saturated heterocycles. The van der Waals surface area contributed by atoms with E-state index in [2.05, 4.69) is 10.3 Å². The highest BCUT2D eigenvalue weighted by Gasteiger charge is 2.26. The van der Waals surface area contributed by atoms with Gasteiger partial charge in [0.15, 0.2) is 0 Å². The lowest BCUT2D eigenvalue weighted by atomic mass is 10.1. The fraction of sp³-hybridized carbons (Fsp3) is 0.250. The summed E-state index contributed by atoms with van der Waals surface area (Å²) in [5, 5.41) is 2.70. The number of amides is 1. The molecule has 1 atom stereocenters. The van der Waals surface area contributed by atoms with Crippen LogP contribution >= 0.6 is 0 Å². The summed E-state index contributed by atoms with van der Waals surface area (Å²) >= 11 is 0. The number of nitrogens with one attached hydrogen (secondary N) is 1. The number of pyridine rings is 1. The zero-order valence-corrected chi connectivity index (χ0v) is 6.16. The van der Waals surface area contributed by atoms with Crippen molar-refractivity contribution in [1.82, 2.24) is 4.98 Å². The normalized spacial score (nSPS) is 21.2. The number of nitrogens with zero attached hydrogens (tertiary/aromatic N) is 1. The van der Waals surface area contributed by atoms with Gasteiger partial charge in [-0.15, -0.1) is 0 Å². The van der Waals surface area contributed by atoms with Crippen LogP contribution in [0.25, 0.3) is 0 Å². The maximum atomic E-state index is 11.1. The monoisotopic (exact) mass is 148 g/mol. The van der Waals surface area contributed by atoms with Gasteiger partial charge in [0.05, 0.1) is 5.92 Å². The summed E-state index contributed by atoms with van der Waals surface area (Å²) in [4.78, 5) is 15.1. The molecule has 0 aliphatic carbocycles. The standard InChI is InChI=1S/C8H8N2O/c1-5-6-3-2-4-9-7(6)10-8(5)11/h2-5H,1H3,(H,9,10,11)/t5-/m0/s1. The van der Waals surface area contributed by atoms with E-state index in [0.717, 1.165) is 5.56 Å². The maximum absolute atomic E-state index is 11.1. The number of hydrogen-bond donors (Lipinski definition) is 1. The number of carbonyl (C=O) groups is 1. The highest BCUT2D eigenvalue weighted by molar-refractivity contribution is 6.01. The van der Waals surface area contributed by atoms with Crippen molar-refractivity contribution in [3.63, 3.8) is 0 Å². The van der Waals surface area contributed by atoms with E-state index in [1.165, 1.54) is 0 Å². The number of fused-ring (bicyclic) bond motifs is 1. The van der Waals surface area contributed by atoms with Crippen molar-refractivity contribution in [1.29, 1.82) is 0 Å². The summed E-state index contributed by atoms with van der Waals surface area (Å²) in [5.74, 6) is 0.711. The molecule has 3 heteroatoms. The first-order valence-electron chi connectivity index (χ1n) is 3.55. The minimum absolute atomic E-state index is 0.0405. The number of aromatic nitrogens is 1. The van der Waals surface area contributed by atoms with Crippen LogP contribution in [0.15, 0.2) is 18.3 Å². The van der Waals surface area contributed by atoms with Gasteiger partial charge in [0.25, 0.3) is 0 Å². The molecule has 0 unspecified atom stereocenters. The molecular weight excluding hydrogens is 140 g/mol. The first-order chi connectivity index (χ1) is 5.29.